The van der Waals surface area contributed by atoms with E-state index in [1.807, 2.05) is 38.1 Å². The lowest BCUT2D eigenvalue weighted by Crippen LogP contribution is -2.49. The SMILES string of the molecule is CC(C)CNC(=O)[C@@H](C)N(Cc1ccccc1F)C(=O)COc1ccccc1C(C)C. The van der Waals surface area contributed by atoms with Gasteiger partial charge in [-0.2, -0.15) is 0 Å². The Morgan fingerprint density at radius 3 is 2.29 bits per heavy atom. The van der Waals surface area contributed by atoms with E-state index in [-0.39, 0.29) is 36.8 Å². The summed E-state index contributed by atoms with van der Waals surface area (Å²) in [5, 5.41) is 2.85. The molecule has 0 unspecified atom stereocenters. The number of hydrogen-bond donors (Lipinski definition) is 1. The topological polar surface area (TPSA) is 58.6 Å². The maximum absolute atomic E-state index is 14.3. The minimum Gasteiger partial charge on any atom is -0.483 e. The number of halogens is 1. The van der Waals surface area contributed by atoms with E-state index in [0.717, 1.165) is 5.56 Å². The Balaban J connectivity index is 2.19. The number of nitrogens with zero attached hydrogens (tertiary/aromatic N) is 1. The van der Waals surface area contributed by atoms with Crippen LogP contribution in [0, 0.1) is 11.7 Å². The van der Waals surface area contributed by atoms with Crippen molar-refractivity contribution < 1.29 is 18.7 Å². The molecule has 0 bridgehead atoms. The molecule has 0 aromatic heterocycles. The zero-order chi connectivity index (χ0) is 23.0. The van der Waals surface area contributed by atoms with Gasteiger partial charge in [-0.15, -0.1) is 0 Å². The van der Waals surface area contributed by atoms with Gasteiger partial charge in [0.2, 0.25) is 5.91 Å². The summed E-state index contributed by atoms with van der Waals surface area (Å²) in [5.74, 6) is 0.0778. The van der Waals surface area contributed by atoms with Gasteiger partial charge in [-0.05, 0) is 36.5 Å². The fourth-order valence-corrected chi connectivity index (χ4v) is 3.16. The van der Waals surface area contributed by atoms with E-state index in [1.54, 1.807) is 25.1 Å². The van der Waals surface area contributed by atoms with Crippen molar-refractivity contribution in [2.45, 2.75) is 53.1 Å². The van der Waals surface area contributed by atoms with Crippen LogP contribution in [0.3, 0.4) is 0 Å². The number of hydrogen-bond acceptors (Lipinski definition) is 3. The quantitative estimate of drug-likeness (QED) is 0.605. The molecule has 5 nitrogen and oxygen atoms in total. The summed E-state index contributed by atoms with van der Waals surface area (Å²) >= 11 is 0. The van der Waals surface area contributed by atoms with Crippen molar-refractivity contribution >= 4 is 11.8 Å². The van der Waals surface area contributed by atoms with Crippen molar-refractivity contribution in [1.29, 1.82) is 0 Å². The third-order valence-electron chi connectivity index (χ3n) is 5.04. The van der Waals surface area contributed by atoms with Gasteiger partial charge in [0.15, 0.2) is 6.61 Å². The largest absolute Gasteiger partial charge is 0.483 e. The number of nitrogens with one attached hydrogen (secondary N) is 1. The van der Waals surface area contributed by atoms with Gasteiger partial charge in [-0.1, -0.05) is 64.1 Å². The number of benzene rings is 2. The highest BCUT2D eigenvalue weighted by atomic mass is 19.1. The zero-order valence-electron chi connectivity index (χ0n) is 19.0. The van der Waals surface area contributed by atoms with Gasteiger partial charge < -0.3 is 15.0 Å². The smallest absolute Gasteiger partial charge is 0.261 e. The molecule has 0 aliphatic heterocycles. The first-order chi connectivity index (χ1) is 14.7. The van der Waals surface area contributed by atoms with Crippen LogP contribution < -0.4 is 10.1 Å². The molecule has 1 atom stereocenters. The zero-order valence-corrected chi connectivity index (χ0v) is 19.0. The average molecular weight is 429 g/mol. The van der Waals surface area contributed by atoms with E-state index in [0.29, 0.717) is 17.9 Å². The highest BCUT2D eigenvalue weighted by Gasteiger charge is 2.27. The molecule has 2 aromatic rings. The molecular weight excluding hydrogens is 395 g/mol. The molecule has 168 valence electrons. The highest BCUT2D eigenvalue weighted by Crippen LogP contribution is 2.26. The number of para-hydroxylation sites is 1. The monoisotopic (exact) mass is 428 g/mol. The molecular formula is C25H33FN2O3. The number of carbonyl (C=O) groups is 2. The standard InChI is InChI=1S/C25H33FN2O3/c1-17(2)14-27-25(30)19(5)28(15-20-10-6-8-12-22(20)26)24(29)16-31-23-13-9-7-11-21(23)18(3)4/h6-13,17-19H,14-16H2,1-5H3,(H,27,30)/t19-/m1/s1. The number of carbonyl (C=O) groups excluding carboxylic acids is 2. The maximum atomic E-state index is 14.3. The minimum absolute atomic E-state index is 0.0169. The predicted octanol–water partition coefficient (Wildman–Crippen LogP) is 4.52. The summed E-state index contributed by atoms with van der Waals surface area (Å²) in [7, 11) is 0. The summed E-state index contributed by atoms with van der Waals surface area (Å²) in [4.78, 5) is 27.1. The molecule has 2 rings (SSSR count). The lowest BCUT2D eigenvalue weighted by Gasteiger charge is -2.29. The van der Waals surface area contributed by atoms with Crippen molar-refractivity contribution in [1.82, 2.24) is 10.2 Å². The van der Waals surface area contributed by atoms with Gasteiger partial charge >= 0.3 is 0 Å². The van der Waals surface area contributed by atoms with E-state index in [2.05, 4.69) is 19.2 Å². The Bertz CT molecular complexity index is 883. The fraction of sp³-hybridized carbons (Fsp3) is 0.440. The molecule has 1 N–H and O–H groups in total. The Morgan fingerprint density at radius 2 is 1.65 bits per heavy atom. The Hall–Kier alpha value is -2.89. The third kappa shape index (κ3) is 7.09. The third-order valence-corrected chi connectivity index (χ3v) is 5.04. The first-order valence-electron chi connectivity index (χ1n) is 10.7. The van der Waals surface area contributed by atoms with Crippen molar-refractivity contribution in [2.24, 2.45) is 5.92 Å². The van der Waals surface area contributed by atoms with Crippen LogP contribution >= 0.6 is 0 Å². The first kappa shape index (κ1) is 24.4. The molecule has 0 heterocycles. The van der Waals surface area contributed by atoms with Gasteiger partial charge in [0, 0.05) is 18.7 Å². The molecule has 0 aliphatic rings. The maximum Gasteiger partial charge on any atom is 0.261 e. The number of rotatable bonds is 10. The number of ether oxygens (including phenoxy) is 1. The molecule has 2 amide bonds. The Labute approximate surface area is 184 Å². The van der Waals surface area contributed by atoms with Crippen LogP contribution in [0.15, 0.2) is 48.5 Å². The van der Waals surface area contributed by atoms with Crippen LogP contribution in [0.25, 0.3) is 0 Å². The average Bonchev–Trinajstić information content (AvgIpc) is 2.74. The lowest BCUT2D eigenvalue weighted by atomic mass is 10.0. The van der Waals surface area contributed by atoms with E-state index in [1.165, 1.54) is 11.0 Å². The molecule has 0 radical (unpaired) electrons. The van der Waals surface area contributed by atoms with E-state index >= 15 is 0 Å². The van der Waals surface area contributed by atoms with Crippen LogP contribution in [-0.2, 0) is 16.1 Å². The normalized spacial score (nSPS) is 12.0. The second kappa shape index (κ2) is 11.5. The van der Waals surface area contributed by atoms with Crippen molar-refractivity contribution in [2.75, 3.05) is 13.2 Å². The lowest BCUT2D eigenvalue weighted by molar-refractivity contribution is -0.142. The van der Waals surface area contributed by atoms with Crippen LogP contribution in [-0.4, -0.2) is 35.9 Å². The summed E-state index contributed by atoms with van der Waals surface area (Å²) in [6.45, 7) is 9.99. The fourth-order valence-electron chi connectivity index (χ4n) is 3.16. The molecule has 31 heavy (non-hydrogen) atoms. The van der Waals surface area contributed by atoms with Gasteiger partial charge in [0.25, 0.3) is 5.91 Å². The second-order valence-electron chi connectivity index (χ2n) is 8.41. The first-order valence-corrected chi connectivity index (χ1v) is 10.7. The van der Waals surface area contributed by atoms with Gasteiger partial charge in [0.1, 0.15) is 17.6 Å². The van der Waals surface area contributed by atoms with Gasteiger partial charge in [-0.3, -0.25) is 9.59 Å². The molecule has 2 aromatic carbocycles. The van der Waals surface area contributed by atoms with Crippen LogP contribution in [0.5, 0.6) is 5.75 Å². The summed E-state index contributed by atoms with van der Waals surface area (Å²) < 4.78 is 20.1. The van der Waals surface area contributed by atoms with Crippen LogP contribution in [0.4, 0.5) is 4.39 Å². The van der Waals surface area contributed by atoms with Crippen LogP contribution in [0.1, 0.15) is 51.7 Å². The van der Waals surface area contributed by atoms with E-state index in [4.69, 9.17) is 4.74 Å². The molecule has 0 fully saturated rings. The van der Waals surface area contributed by atoms with Crippen molar-refractivity contribution in [3.05, 3.63) is 65.5 Å². The second-order valence-corrected chi connectivity index (χ2v) is 8.41. The summed E-state index contributed by atoms with van der Waals surface area (Å²) in [6, 6.07) is 13.1. The number of amides is 2. The Kier molecular flexibility index (Phi) is 9.03. The van der Waals surface area contributed by atoms with Gasteiger partial charge in [0.05, 0.1) is 0 Å². The molecule has 6 heteroatoms. The Morgan fingerprint density at radius 1 is 1.00 bits per heavy atom. The molecule has 0 spiro atoms. The van der Waals surface area contributed by atoms with Crippen molar-refractivity contribution in [3.8, 4) is 5.75 Å². The van der Waals surface area contributed by atoms with E-state index < -0.39 is 11.9 Å². The van der Waals surface area contributed by atoms with Crippen LogP contribution in [0.2, 0.25) is 0 Å². The molecule has 0 saturated heterocycles. The highest BCUT2D eigenvalue weighted by molar-refractivity contribution is 5.88. The summed E-state index contributed by atoms with van der Waals surface area (Å²) in [5.41, 5.74) is 1.35. The molecule has 0 aliphatic carbocycles. The predicted molar refractivity (Wildman–Crippen MR) is 120 cm³/mol. The summed E-state index contributed by atoms with van der Waals surface area (Å²) in [6.07, 6.45) is 0. The molecule has 0 saturated carbocycles. The minimum atomic E-state index is -0.769. The van der Waals surface area contributed by atoms with E-state index in [9.17, 15) is 14.0 Å². The van der Waals surface area contributed by atoms with Crippen molar-refractivity contribution in [3.63, 3.8) is 0 Å². The van der Waals surface area contributed by atoms with Gasteiger partial charge in [-0.25, -0.2) is 4.39 Å².